The number of aliphatic carboxylic acids is 1. The lowest BCUT2D eigenvalue weighted by Gasteiger charge is -2.27. The molecular weight excluding hydrogens is 228 g/mol. The minimum atomic E-state index is -1.10. The molecular formula is C15H26O3. The number of hydrogen-bond acceptors (Lipinski definition) is 2. The van der Waals surface area contributed by atoms with E-state index < -0.39 is 11.4 Å². The molecule has 0 aromatic carbocycles. The van der Waals surface area contributed by atoms with Gasteiger partial charge in [0.15, 0.2) is 0 Å². The smallest absolute Gasteiger partial charge is 0.317 e. The van der Waals surface area contributed by atoms with E-state index in [0.29, 0.717) is 19.3 Å². The summed E-state index contributed by atoms with van der Waals surface area (Å²) in [6.07, 6.45) is 10.1. The molecule has 104 valence electrons. The maximum Gasteiger partial charge on any atom is 0.317 e. The van der Waals surface area contributed by atoms with Gasteiger partial charge in [0.05, 0.1) is 0 Å². The molecule has 0 amide bonds. The lowest BCUT2D eigenvalue weighted by atomic mass is 9.74. The minimum absolute atomic E-state index is 0.0435. The van der Waals surface area contributed by atoms with Gasteiger partial charge in [0, 0.05) is 6.42 Å². The van der Waals surface area contributed by atoms with Crippen LogP contribution in [0.4, 0.5) is 0 Å². The number of hydrogen-bond donors (Lipinski definition) is 1. The van der Waals surface area contributed by atoms with E-state index in [-0.39, 0.29) is 5.78 Å². The van der Waals surface area contributed by atoms with Gasteiger partial charge in [-0.2, -0.15) is 0 Å². The average Bonchev–Trinajstić information content (AvgIpc) is 2.34. The van der Waals surface area contributed by atoms with Gasteiger partial charge >= 0.3 is 5.97 Å². The largest absolute Gasteiger partial charge is 0.480 e. The van der Waals surface area contributed by atoms with Gasteiger partial charge in [-0.15, -0.1) is 0 Å². The van der Waals surface area contributed by atoms with E-state index in [1.807, 2.05) is 6.92 Å². The van der Waals surface area contributed by atoms with Crippen molar-refractivity contribution in [3.8, 4) is 0 Å². The fourth-order valence-electron chi connectivity index (χ4n) is 2.90. The summed E-state index contributed by atoms with van der Waals surface area (Å²) in [4.78, 5) is 23.8. The standard InChI is InChI=1S/C15H26O3/c1-2-15(14(17)18)12-10-8-6-4-3-5-7-9-11-13(15)16/h2-12H2,1H3,(H,17,18). The van der Waals surface area contributed by atoms with Gasteiger partial charge in [-0.05, 0) is 19.3 Å². The van der Waals surface area contributed by atoms with E-state index in [4.69, 9.17) is 0 Å². The number of carboxylic acids is 1. The van der Waals surface area contributed by atoms with Crippen molar-refractivity contribution in [1.82, 2.24) is 0 Å². The fourth-order valence-corrected chi connectivity index (χ4v) is 2.90. The molecule has 1 rings (SSSR count). The summed E-state index contributed by atoms with van der Waals surface area (Å²) in [5.74, 6) is -0.954. The van der Waals surface area contributed by atoms with Crippen LogP contribution in [-0.4, -0.2) is 16.9 Å². The summed E-state index contributed by atoms with van der Waals surface area (Å²) in [6, 6.07) is 0. The van der Waals surface area contributed by atoms with E-state index >= 15 is 0 Å². The molecule has 0 bridgehead atoms. The highest BCUT2D eigenvalue weighted by Crippen LogP contribution is 2.33. The molecule has 0 heterocycles. The predicted molar refractivity (Wildman–Crippen MR) is 71.5 cm³/mol. The van der Waals surface area contributed by atoms with Gasteiger partial charge in [0.1, 0.15) is 11.2 Å². The lowest BCUT2D eigenvalue weighted by molar-refractivity contribution is -0.156. The summed E-state index contributed by atoms with van der Waals surface area (Å²) >= 11 is 0. The minimum Gasteiger partial charge on any atom is -0.480 e. The Labute approximate surface area is 110 Å². The van der Waals surface area contributed by atoms with Crippen molar-refractivity contribution in [2.75, 3.05) is 0 Å². The fraction of sp³-hybridized carbons (Fsp3) is 0.867. The number of rotatable bonds is 2. The molecule has 0 aliphatic heterocycles. The summed E-state index contributed by atoms with van der Waals surface area (Å²) in [6.45, 7) is 1.83. The third kappa shape index (κ3) is 3.82. The monoisotopic (exact) mass is 254 g/mol. The Morgan fingerprint density at radius 2 is 1.56 bits per heavy atom. The quantitative estimate of drug-likeness (QED) is 0.759. The molecule has 18 heavy (non-hydrogen) atoms. The number of carbonyl (C=O) groups excluding carboxylic acids is 1. The molecule has 0 radical (unpaired) electrons. The summed E-state index contributed by atoms with van der Waals surface area (Å²) < 4.78 is 0. The molecule has 1 fully saturated rings. The van der Waals surface area contributed by atoms with E-state index in [1.165, 1.54) is 25.7 Å². The van der Waals surface area contributed by atoms with Gasteiger partial charge in [-0.25, -0.2) is 0 Å². The van der Waals surface area contributed by atoms with Crippen molar-refractivity contribution in [3.63, 3.8) is 0 Å². The first kappa shape index (κ1) is 15.2. The summed E-state index contributed by atoms with van der Waals surface area (Å²) in [5.41, 5.74) is -1.10. The topological polar surface area (TPSA) is 54.4 Å². The highest BCUT2D eigenvalue weighted by Gasteiger charge is 2.42. The van der Waals surface area contributed by atoms with Crippen molar-refractivity contribution in [1.29, 1.82) is 0 Å². The maximum atomic E-state index is 12.2. The predicted octanol–water partition coefficient (Wildman–Crippen LogP) is 3.95. The molecule has 0 aromatic rings. The van der Waals surface area contributed by atoms with E-state index in [2.05, 4.69) is 0 Å². The van der Waals surface area contributed by atoms with Crippen LogP contribution in [0.15, 0.2) is 0 Å². The third-order valence-electron chi connectivity index (χ3n) is 4.30. The summed E-state index contributed by atoms with van der Waals surface area (Å²) in [7, 11) is 0. The van der Waals surface area contributed by atoms with Gasteiger partial charge in [0.25, 0.3) is 0 Å². The highest BCUT2D eigenvalue weighted by molar-refractivity contribution is 6.02. The van der Waals surface area contributed by atoms with Crippen LogP contribution in [-0.2, 0) is 9.59 Å². The van der Waals surface area contributed by atoms with Gasteiger partial charge in [0.2, 0.25) is 0 Å². The number of carboxylic acid groups (broad SMARTS) is 1. The Hall–Kier alpha value is -0.860. The maximum absolute atomic E-state index is 12.2. The second-order valence-corrected chi connectivity index (χ2v) is 5.49. The van der Waals surface area contributed by atoms with E-state index in [9.17, 15) is 14.7 Å². The van der Waals surface area contributed by atoms with Crippen LogP contribution in [0.2, 0.25) is 0 Å². The normalized spacial score (nSPS) is 28.2. The van der Waals surface area contributed by atoms with Crippen molar-refractivity contribution in [2.45, 2.75) is 77.6 Å². The Morgan fingerprint density at radius 3 is 2.06 bits per heavy atom. The van der Waals surface area contributed by atoms with Crippen LogP contribution >= 0.6 is 0 Å². The molecule has 1 saturated carbocycles. The SMILES string of the molecule is CCC1(C(=O)O)CCCCCCCCCCC1=O. The molecule has 0 spiro atoms. The van der Waals surface area contributed by atoms with Gasteiger partial charge in [-0.3, -0.25) is 9.59 Å². The Kier molecular flexibility index (Phi) is 6.37. The molecule has 3 heteroatoms. The number of ketones is 1. The molecule has 1 atom stereocenters. The molecule has 0 saturated heterocycles. The van der Waals surface area contributed by atoms with Crippen molar-refractivity contribution in [2.24, 2.45) is 5.41 Å². The van der Waals surface area contributed by atoms with Crippen molar-refractivity contribution in [3.05, 3.63) is 0 Å². The van der Waals surface area contributed by atoms with Gasteiger partial charge < -0.3 is 5.11 Å². The highest BCUT2D eigenvalue weighted by atomic mass is 16.4. The van der Waals surface area contributed by atoms with Crippen LogP contribution in [0.25, 0.3) is 0 Å². The zero-order valence-electron chi connectivity index (χ0n) is 11.5. The molecule has 3 nitrogen and oxygen atoms in total. The second-order valence-electron chi connectivity index (χ2n) is 5.49. The lowest BCUT2D eigenvalue weighted by Crippen LogP contribution is -2.39. The van der Waals surface area contributed by atoms with Gasteiger partial charge in [-0.1, -0.05) is 51.9 Å². The first-order chi connectivity index (χ1) is 8.63. The Balaban J connectivity index is 2.74. The van der Waals surface area contributed by atoms with Crippen LogP contribution in [0.5, 0.6) is 0 Å². The second kappa shape index (κ2) is 7.55. The number of Topliss-reactive ketones (excluding diaryl/α,β-unsaturated/α-hetero) is 1. The molecule has 1 N–H and O–H groups in total. The van der Waals surface area contributed by atoms with Crippen LogP contribution in [0.1, 0.15) is 77.6 Å². The Bertz CT molecular complexity index is 285. The average molecular weight is 254 g/mol. The molecule has 1 unspecified atom stereocenters. The molecule has 1 aliphatic carbocycles. The van der Waals surface area contributed by atoms with Crippen LogP contribution < -0.4 is 0 Å². The van der Waals surface area contributed by atoms with Crippen LogP contribution in [0.3, 0.4) is 0 Å². The third-order valence-corrected chi connectivity index (χ3v) is 4.30. The summed E-state index contributed by atoms with van der Waals surface area (Å²) in [5, 5.41) is 9.44. The number of carbonyl (C=O) groups is 2. The molecule has 0 aromatic heterocycles. The zero-order chi connectivity index (χ0) is 13.4. The zero-order valence-corrected chi connectivity index (χ0v) is 11.5. The van der Waals surface area contributed by atoms with Crippen molar-refractivity contribution < 1.29 is 14.7 Å². The van der Waals surface area contributed by atoms with E-state index in [0.717, 1.165) is 25.7 Å². The van der Waals surface area contributed by atoms with Crippen LogP contribution in [0, 0.1) is 5.41 Å². The first-order valence-electron chi connectivity index (χ1n) is 7.40. The van der Waals surface area contributed by atoms with E-state index in [1.54, 1.807) is 0 Å². The molecule has 1 aliphatic rings. The Morgan fingerprint density at radius 1 is 1.06 bits per heavy atom. The first-order valence-corrected chi connectivity index (χ1v) is 7.40. The van der Waals surface area contributed by atoms with Crippen molar-refractivity contribution >= 4 is 11.8 Å².